The molecule has 1 unspecified atom stereocenters. The van der Waals surface area contributed by atoms with Crippen LogP contribution in [0.2, 0.25) is 0 Å². The zero-order chi connectivity index (χ0) is 10.1. The molecule has 0 spiro atoms. The molecular formula is C12H15FO. The van der Waals surface area contributed by atoms with Gasteiger partial charge < -0.3 is 4.74 Å². The largest absolute Gasteiger partial charge is 0.490 e. The van der Waals surface area contributed by atoms with Gasteiger partial charge in [-0.1, -0.05) is 11.6 Å². The maximum atomic E-state index is 12.7. The molecule has 0 radical (unpaired) electrons. The first-order valence-corrected chi connectivity index (χ1v) is 5.05. The number of benzene rings is 1. The van der Waals surface area contributed by atoms with Crippen molar-refractivity contribution in [1.82, 2.24) is 0 Å². The molecule has 0 saturated carbocycles. The van der Waals surface area contributed by atoms with Crippen molar-refractivity contribution in [3.05, 3.63) is 28.8 Å². The number of hydrogen-bond donors (Lipinski definition) is 0. The van der Waals surface area contributed by atoms with Crippen LogP contribution in [0.4, 0.5) is 4.39 Å². The van der Waals surface area contributed by atoms with Gasteiger partial charge in [0.05, 0.1) is 6.10 Å². The number of fused-ring (bicyclic) bond motifs is 1. The Balaban J connectivity index is 2.47. The van der Waals surface area contributed by atoms with E-state index in [1.807, 2.05) is 19.9 Å². The highest BCUT2D eigenvalue weighted by molar-refractivity contribution is 5.45. The van der Waals surface area contributed by atoms with E-state index in [1.54, 1.807) is 0 Å². The number of rotatable bonds is 1. The van der Waals surface area contributed by atoms with Crippen LogP contribution in [0.15, 0.2) is 12.1 Å². The van der Waals surface area contributed by atoms with Crippen molar-refractivity contribution in [1.29, 1.82) is 0 Å². The van der Waals surface area contributed by atoms with Crippen LogP contribution < -0.4 is 4.74 Å². The van der Waals surface area contributed by atoms with Gasteiger partial charge in [-0.15, -0.1) is 0 Å². The summed E-state index contributed by atoms with van der Waals surface area (Å²) >= 11 is 0. The van der Waals surface area contributed by atoms with Crippen molar-refractivity contribution in [3.8, 4) is 5.75 Å². The molecule has 1 aromatic rings. The topological polar surface area (TPSA) is 9.23 Å². The summed E-state index contributed by atoms with van der Waals surface area (Å²) in [6.45, 7) is 3.60. The molecule has 0 fully saturated rings. The van der Waals surface area contributed by atoms with E-state index >= 15 is 0 Å². The molecule has 1 aliphatic heterocycles. The van der Waals surface area contributed by atoms with E-state index in [0.29, 0.717) is 5.56 Å². The molecule has 0 saturated heterocycles. The third-order valence-corrected chi connectivity index (χ3v) is 2.67. The van der Waals surface area contributed by atoms with Crippen LogP contribution in [0.3, 0.4) is 0 Å². The quantitative estimate of drug-likeness (QED) is 0.667. The van der Waals surface area contributed by atoms with Crippen LogP contribution >= 0.6 is 0 Å². The van der Waals surface area contributed by atoms with Gasteiger partial charge in [-0.05, 0) is 38.3 Å². The fourth-order valence-electron chi connectivity index (χ4n) is 1.98. The molecular weight excluding hydrogens is 179 g/mol. The highest BCUT2D eigenvalue weighted by atomic mass is 19.1. The van der Waals surface area contributed by atoms with Crippen molar-refractivity contribution in [3.63, 3.8) is 0 Å². The first-order valence-electron chi connectivity index (χ1n) is 5.05. The molecule has 0 aromatic heterocycles. The third kappa shape index (κ3) is 1.61. The molecule has 2 rings (SSSR count). The van der Waals surface area contributed by atoms with Crippen molar-refractivity contribution < 1.29 is 9.13 Å². The number of aryl methyl sites for hydroxylation is 2. The highest BCUT2D eigenvalue weighted by Crippen LogP contribution is 2.32. The second-order valence-corrected chi connectivity index (χ2v) is 4.01. The standard InChI is InChI=1S/C12H15FO/c1-8-5-10-4-3-9(2)14-12(10)11(6-8)7-13/h5-6,9H,3-4,7H2,1-2H3. The summed E-state index contributed by atoms with van der Waals surface area (Å²) in [5, 5.41) is 0. The van der Waals surface area contributed by atoms with E-state index in [9.17, 15) is 4.39 Å². The summed E-state index contributed by atoms with van der Waals surface area (Å²) in [5.41, 5.74) is 2.98. The van der Waals surface area contributed by atoms with Crippen molar-refractivity contribution in [2.24, 2.45) is 0 Å². The summed E-state index contributed by atoms with van der Waals surface area (Å²) in [4.78, 5) is 0. The van der Waals surface area contributed by atoms with Gasteiger partial charge in [-0.25, -0.2) is 4.39 Å². The Morgan fingerprint density at radius 3 is 3.00 bits per heavy atom. The van der Waals surface area contributed by atoms with Gasteiger partial charge >= 0.3 is 0 Å². The van der Waals surface area contributed by atoms with Crippen molar-refractivity contribution >= 4 is 0 Å². The average molecular weight is 194 g/mol. The zero-order valence-electron chi connectivity index (χ0n) is 8.64. The molecule has 1 aliphatic rings. The molecule has 0 bridgehead atoms. The third-order valence-electron chi connectivity index (χ3n) is 2.67. The summed E-state index contributed by atoms with van der Waals surface area (Å²) in [6, 6.07) is 3.97. The Hall–Kier alpha value is -1.05. The van der Waals surface area contributed by atoms with E-state index in [0.717, 1.165) is 29.7 Å². The second kappa shape index (κ2) is 3.60. The van der Waals surface area contributed by atoms with Crippen LogP contribution in [0.5, 0.6) is 5.75 Å². The predicted octanol–water partition coefficient (Wildman–Crippen LogP) is 3.18. The second-order valence-electron chi connectivity index (χ2n) is 4.01. The highest BCUT2D eigenvalue weighted by Gasteiger charge is 2.19. The van der Waals surface area contributed by atoms with Gasteiger partial charge in [0, 0.05) is 5.56 Å². The van der Waals surface area contributed by atoms with E-state index in [1.165, 1.54) is 0 Å². The van der Waals surface area contributed by atoms with Crippen LogP contribution in [0, 0.1) is 6.92 Å². The number of ether oxygens (including phenoxy) is 1. The van der Waals surface area contributed by atoms with Gasteiger partial charge in [-0.3, -0.25) is 0 Å². The minimum atomic E-state index is -0.434. The molecule has 0 N–H and O–H groups in total. The normalized spacial score (nSPS) is 20.1. The summed E-state index contributed by atoms with van der Waals surface area (Å²) in [5.74, 6) is 0.789. The van der Waals surface area contributed by atoms with Crippen LogP contribution in [0.1, 0.15) is 30.0 Å². The van der Waals surface area contributed by atoms with Gasteiger partial charge in [0.15, 0.2) is 0 Å². The molecule has 76 valence electrons. The molecule has 1 aromatic carbocycles. The lowest BCUT2D eigenvalue weighted by molar-refractivity contribution is 0.188. The maximum Gasteiger partial charge on any atom is 0.128 e. The van der Waals surface area contributed by atoms with Crippen LogP contribution in [-0.2, 0) is 13.1 Å². The predicted molar refractivity (Wildman–Crippen MR) is 54.4 cm³/mol. The Labute approximate surface area is 83.9 Å². The zero-order valence-corrected chi connectivity index (χ0v) is 8.64. The van der Waals surface area contributed by atoms with Gasteiger partial charge in [0.1, 0.15) is 12.4 Å². The number of hydrogen-bond acceptors (Lipinski definition) is 1. The lowest BCUT2D eigenvalue weighted by Crippen LogP contribution is -2.20. The first kappa shape index (κ1) is 9.50. The van der Waals surface area contributed by atoms with E-state index in [-0.39, 0.29) is 6.10 Å². The lowest BCUT2D eigenvalue weighted by atomic mass is 9.98. The average Bonchev–Trinajstić information content (AvgIpc) is 2.17. The first-order chi connectivity index (χ1) is 6.70. The molecule has 0 aliphatic carbocycles. The maximum absolute atomic E-state index is 12.7. The van der Waals surface area contributed by atoms with Crippen molar-refractivity contribution in [2.45, 2.75) is 39.5 Å². The Bertz CT molecular complexity index is 329. The van der Waals surface area contributed by atoms with Crippen LogP contribution in [-0.4, -0.2) is 6.10 Å². The minimum absolute atomic E-state index is 0.218. The summed E-state index contributed by atoms with van der Waals surface area (Å²) in [7, 11) is 0. The van der Waals surface area contributed by atoms with E-state index in [2.05, 4.69) is 6.07 Å². The number of halogens is 1. The summed E-state index contributed by atoms with van der Waals surface area (Å²) in [6.07, 6.45) is 2.25. The molecule has 1 heterocycles. The summed E-state index contributed by atoms with van der Waals surface area (Å²) < 4.78 is 18.4. The molecule has 1 nitrogen and oxygen atoms in total. The van der Waals surface area contributed by atoms with Crippen molar-refractivity contribution in [2.75, 3.05) is 0 Å². The smallest absolute Gasteiger partial charge is 0.128 e. The Morgan fingerprint density at radius 2 is 2.29 bits per heavy atom. The monoisotopic (exact) mass is 194 g/mol. The molecule has 14 heavy (non-hydrogen) atoms. The molecule has 2 heteroatoms. The number of alkyl halides is 1. The molecule has 0 amide bonds. The van der Waals surface area contributed by atoms with E-state index in [4.69, 9.17) is 4.74 Å². The fraction of sp³-hybridized carbons (Fsp3) is 0.500. The van der Waals surface area contributed by atoms with E-state index < -0.39 is 6.67 Å². The Morgan fingerprint density at radius 1 is 1.50 bits per heavy atom. The fourth-order valence-corrected chi connectivity index (χ4v) is 1.98. The SMILES string of the molecule is Cc1cc(CF)c2c(c1)CCC(C)O2. The minimum Gasteiger partial charge on any atom is -0.490 e. The Kier molecular flexibility index (Phi) is 2.44. The van der Waals surface area contributed by atoms with Crippen LogP contribution in [0.25, 0.3) is 0 Å². The van der Waals surface area contributed by atoms with Gasteiger partial charge in [-0.2, -0.15) is 0 Å². The van der Waals surface area contributed by atoms with Gasteiger partial charge in [0.25, 0.3) is 0 Å². The lowest BCUT2D eigenvalue weighted by Gasteiger charge is -2.25. The van der Waals surface area contributed by atoms with Gasteiger partial charge in [0.2, 0.25) is 0 Å². The molecule has 1 atom stereocenters.